The van der Waals surface area contributed by atoms with E-state index in [1.54, 1.807) is 19.1 Å². The Morgan fingerprint density at radius 2 is 2.27 bits per heavy atom. The molecule has 1 aromatic rings. The lowest BCUT2D eigenvalue weighted by atomic mass is 10.0. The van der Waals surface area contributed by atoms with E-state index < -0.39 is 14.6 Å². The Labute approximate surface area is 87.8 Å². The second kappa shape index (κ2) is 3.30. The molecule has 1 aromatic heterocycles. The first-order valence-corrected chi connectivity index (χ1v) is 5.99. The average Bonchev–Trinajstić information content (AvgIpc) is 2.72. The van der Waals surface area contributed by atoms with Crippen molar-refractivity contribution in [3.8, 4) is 0 Å². The van der Waals surface area contributed by atoms with Crippen LogP contribution in [0.5, 0.6) is 0 Å². The SMILES string of the molecule is CC1(S(=O)(=O)c2cn[nH]n2)C=CC=CC1. The Morgan fingerprint density at radius 3 is 2.80 bits per heavy atom. The topological polar surface area (TPSA) is 75.7 Å². The zero-order chi connectivity index (χ0) is 10.9. The molecule has 2 rings (SSSR count). The van der Waals surface area contributed by atoms with Crippen LogP contribution in [-0.2, 0) is 9.84 Å². The summed E-state index contributed by atoms with van der Waals surface area (Å²) >= 11 is 0. The molecule has 0 aromatic carbocycles. The number of rotatable bonds is 2. The first-order valence-electron chi connectivity index (χ1n) is 4.51. The molecule has 0 saturated heterocycles. The Morgan fingerprint density at radius 1 is 1.47 bits per heavy atom. The van der Waals surface area contributed by atoms with Gasteiger partial charge < -0.3 is 0 Å². The van der Waals surface area contributed by atoms with Gasteiger partial charge in [-0.05, 0) is 13.3 Å². The lowest BCUT2D eigenvalue weighted by Crippen LogP contribution is -2.33. The van der Waals surface area contributed by atoms with Crippen LogP contribution in [-0.4, -0.2) is 28.6 Å². The van der Waals surface area contributed by atoms with Crippen molar-refractivity contribution in [2.45, 2.75) is 23.1 Å². The lowest BCUT2D eigenvalue weighted by Gasteiger charge is -2.24. The van der Waals surface area contributed by atoms with Crippen LogP contribution in [0.1, 0.15) is 13.3 Å². The molecule has 0 amide bonds. The average molecular weight is 225 g/mol. The minimum absolute atomic E-state index is 0.00931. The third-order valence-electron chi connectivity index (χ3n) is 2.50. The van der Waals surface area contributed by atoms with Crippen LogP contribution in [0.4, 0.5) is 0 Å². The van der Waals surface area contributed by atoms with Crippen molar-refractivity contribution in [2.75, 3.05) is 0 Å². The van der Waals surface area contributed by atoms with E-state index in [1.807, 2.05) is 12.2 Å². The molecule has 0 aliphatic heterocycles. The number of aromatic nitrogens is 3. The minimum Gasteiger partial charge on any atom is -0.221 e. The second-order valence-corrected chi connectivity index (χ2v) is 5.97. The predicted octanol–water partition coefficient (Wildman–Crippen LogP) is 0.853. The van der Waals surface area contributed by atoms with Gasteiger partial charge in [0.2, 0.25) is 9.84 Å². The molecular weight excluding hydrogens is 214 g/mol. The molecule has 1 unspecified atom stereocenters. The number of hydrogen-bond donors (Lipinski definition) is 1. The minimum atomic E-state index is -3.46. The van der Waals surface area contributed by atoms with Gasteiger partial charge in [-0.3, -0.25) is 0 Å². The third-order valence-corrected chi connectivity index (χ3v) is 4.78. The number of H-pyrrole nitrogens is 1. The van der Waals surface area contributed by atoms with Crippen LogP contribution in [0, 0.1) is 0 Å². The first-order chi connectivity index (χ1) is 7.06. The zero-order valence-electron chi connectivity index (χ0n) is 8.21. The van der Waals surface area contributed by atoms with Gasteiger partial charge in [-0.2, -0.15) is 10.3 Å². The third kappa shape index (κ3) is 1.50. The van der Waals surface area contributed by atoms with Crippen molar-refractivity contribution in [1.29, 1.82) is 0 Å². The number of aromatic amines is 1. The number of nitrogens with one attached hydrogen (secondary N) is 1. The van der Waals surface area contributed by atoms with Gasteiger partial charge in [0, 0.05) is 0 Å². The van der Waals surface area contributed by atoms with Crippen molar-refractivity contribution in [3.05, 3.63) is 30.5 Å². The summed E-state index contributed by atoms with van der Waals surface area (Å²) in [6.45, 7) is 1.68. The van der Waals surface area contributed by atoms with Crippen LogP contribution in [0.15, 0.2) is 35.5 Å². The Balaban J connectivity index is 2.47. The molecule has 0 bridgehead atoms. The van der Waals surface area contributed by atoms with Crippen LogP contribution >= 0.6 is 0 Å². The Bertz CT molecular complexity index is 501. The van der Waals surface area contributed by atoms with Crippen LogP contribution in [0.3, 0.4) is 0 Å². The molecule has 80 valence electrons. The Hall–Kier alpha value is -1.43. The molecule has 0 fully saturated rings. The summed E-state index contributed by atoms with van der Waals surface area (Å²) in [5, 5.41) is 9.44. The van der Waals surface area contributed by atoms with Gasteiger partial charge in [-0.15, -0.1) is 5.10 Å². The summed E-state index contributed by atoms with van der Waals surface area (Å²) in [7, 11) is -3.46. The van der Waals surface area contributed by atoms with E-state index >= 15 is 0 Å². The quantitative estimate of drug-likeness (QED) is 0.809. The zero-order valence-corrected chi connectivity index (χ0v) is 9.03. The van der Waals surface area contributed by atoms with Crippen molar-refractivity contribution in [3.63, 3.8) is 0 Å². The summed E-state index contributed by atoms with van der Waals surface area (Å²) in [6.07, 6.45) is 8.77. The molecule has 15 heavy (non-hydrogen) atoms. The predicted molar refractivity (Wildman–Crippen MR) is 54.9 cm³/mol. The van der Waals surface area contributed by atoms with E-state index in [0.717, 1.165) is 0 Å². The molecule has 1 aliphatic carbocycles. The molecule has 0 radical (unpaired) electrons. The number of sulfone groups is 1. The Kier molecular flexibility index (Phi) is 2.22. The fourth-order valence-electron chi connectivity index (χ4n) is 1.47. The van der Waals surface area contributed by atoms with E-state index in [0.29, 0.717) is 6.42 Å². The first kappa shape index (κ1) is 10.1. The summed E-state index contributed by atoms with van der Waals surface area (Å²) in [4.78, 5) is 0. The fraction of sp³-hybridized carbons (Fsp3) is 0.333. The van der Waals surface area contributed by atoms with Gasteiger partial charge in [0.15, 0.2) is 5.03 Å². The number of hydrogen-bond acceptors (Lipinski definition) is 4. The standard InChI is InChI=1S/C9H11N3O2S/c1-9(5-3-2-4-6-9)15(13,14)8-7-10-12-11-8/h2-5,7H,6H2,1H3,(H,10,11,12). The highest BCUT2D eigenvalue weighted by molar-refractivity contribution is 7.92. The van der Waals surface area contributed by atoms with Gasteiger partial charge in [0.25, 0.3) is 0 Å². The maximum Gasteiger partial charge on any atom is 0.208 e. The van der Waals surface area contributed by atoms with Crippen molar-refractivity contribution < 1.29 is 8.42 Å². The van der Waals surface area contributed by atoms with Crippen LogP contribution in [0.2, 0.25) is 0 Å². The molecule has 1 atom stereocenters. The lowest BCUT2D eigenvalue weighted by molar-refractivity contribution is 0.558. The second-order valence-electron chi connectivity index (χ2n) is 3.62. The summed E-state index contributed by atoms with van der Waals surface area (Å²) in [5.74, 6) is 0. The summed E-state index contributed by atoms with van der Waals surface area (Å²) in [5.41, 5.74) is 0. The van der Waals surface area contributed by atoms with Crippen molar-refractivity contribution in [1.82, 2.24) is 15.4 Å². The largest absolute Gasteiger partial charge is 0.221 e. The van der Waals surface area contributed by atoms with Gasteiger partial charge >= 0.3 is 0 Å². The molecule has 5 nitrogen and oxygen atoms in total. The highest BCUT2D eigenvalue weighted by Crippen LogP contribution is 2.30. The van der Waals surface area contributed by atoms with Crippen LogP contribution < -0.4 is 0 Å². The van der Waals surface area contributed by atoms with E-state index in [1.165, 1.54) is 6.20 Å². The molecule has 1 aliphatic rings. The fourth-order valence-corrected chi connectivity index (χ4v) is 2.87. The smallest absolute Gasteiger partial charge is 0.208 e. The van der Waals surface area contributed by atoms with Gasteiger partial charge in [-0.25, -0.2) is 8.42 Å². The summed E-state index contributed by atoms with van der Waals surface area (Å²) in [6, 6.07) is 0. The normalized spacial score (nSPS) is 25.7. The molecule has 1 N–H and O–H groups in total. The van der Waals surface area contributed by atoms with Crippen molar-refractivity contribution >= 4 is 9.84 Å². The summed E-state index contributed by atoms with van der Waals surface area (Å²) < 4.78 is 23.4. The van der Waals surface area contributed by atoms with E-state index in [-0.39, 0.29) is 5.03 Å². The number of nitrogens with zero attached hydrogens (tertiary/aromatic N) is 2. The molecule has 6 heteroatoms. The van der Waals surface area contributed by atoms with E-state index in [9.17, 15) is 8.42 Å². The van der Waals surface area contributed by atoms with E-state index in [4.69, 9.17) is 0 Å². The van der Waals surface area contributed by atoms with Gasteiger partial charge in [0.05, 0.1) is 10.9 Å². The maximum absolute atomic E-state index is 12.2. The monoisotopic (exact) mass is 225 g/mol. The van der Waals surface area contributed by atoms with Gasteiger partial charge in [0.1, 0.15) is 0 Å². The van der Waals surface area contributed by atoms with Crippen LogP contribution in [0.25, 0.3) is 0 Å². The highest BCUT2D eigenvalue weighted by atomic mass is 32.2. The molecule has 0 saturated carbocycles. The molecular formula is C9H11N3O2S. The maximum atomic E-state index is 12.2. The molecule has 1 heterocycles. The highest BCUT2D eigenvalue weighted by Gasteiger charge is 2.39. The number of allylic oxidation sites excluding steroid dienone is 3. The molecule has 0 spiro atoms. The van der Waals surface area contributed by atoms with Crippen molar-refractivity contribution in [2.24, 2.45) is 0 Å². The van der Waals surface area contributed by atoms with Gasteiger partial charge in [-0.1, -0.05) is 24.3 Å². The van der Waals surface area contributed by atoms with E-state index in [2.05, 4.69) is 15.4 Å².